The van der Waals surface area contributed by atoms with Crippen LogP contribution in [0, 0.1) is 12.3 Å². The average Bonchev–Trinajstić information content (AvgIpc) is 1.58. The van der Waals surface area contributed by atoms with Crippen molar-refractivity contribution >= 4 is 125 Å². The Morgan fingerprint density at radius 2 is 0.902 bits per heavy atom. The maximum Gasteiger partial charge on any atom is 0.469 e. The van der Waals surface area contributed by atoms with Crippen molar-refractivity contribution < 1.29 is 193 Å². The summed E-state index contributed by atoms with van der Waals surface area (Å²) in [6.07, 6.45) is -12.5. The van der Waals surface area contributed by atoms with E-state index in [0.717, 1.165) is 17.5 Å². The molecule has 10 aromatic heterocycles. The molecule has 0 aliphatic carbocycles. The first kappa shape index (κ1) is 93.9. The minimum atomic E-state index is -4.76. The molecule has 5 fully saturated rings. The number of anilines is 2. The topological polar surface area (TPSA) is 835 Å². The Balaban J connectivity index is 0.000000140. The van der Waals surface area contributed by atoms with Crippen LogP contribution in [0.3, 0.4) is 0 Å². The number of nitrogens with one attached hydrogen (secondary N) is 1. The Kier molecular flexibility index (Phi) is 28.0. The van der Waals surface area contributed by atoms with Gasteiger partial charge in [0.2, 0.25) is 24.2 Å². The summed E-state index contributed by atoms with van der Waals surface area (Å²) in [4.78, 5) is 121. The third-order valence-electron chi connectivity index (χ3n) is 19.4. The van der Waals surface area contributed by atoms with Gasteiger partial charge < -0.3 is 152 Å². The van der Waals surface area contributed by atoms with Crippen molar-refractivity contribution in [2.24, 2.45) is 19.2 Å². The number of pyridine rings is 3. The quantitative estimate of drug-likeness (QED) is 0.0146. The predicted molar refractivity (Wildman–Crippen MR) is 396 cm³/mol. The second-order valence-corrected chi connectivity index (χ2v) is 34.3. The molecule has 5 saturated heterocycles. The fraction of sp³-hybridized carbons (Fsp3) is 0.508. The zero-order valence-electron chi connectivity index (χ0n) is 63.7. The number of hydrogen-bond donors (Lipinski definition) is 23. The number of nitrogen functional groups attached to an aromatic ring is 1. The molecule has 0 unspecified atom stereocenters. The Bertz CT molecular complexity index is 5740. The smallest absolute Gasteiger partial charge is 0.469 e. The number of imidazole rings is 5. The van der Waals surface area contributed by atoms with Gasteiger partial charge in [0.25, 0.3) is 0 Å². The zero-order chi connectivity index (χ0) is 90.1. The maximum atomic E-state index is 11.9. The first-order valence-corrected chi connectivity index (χ1v) is 43.4. The molecule has 0 spiro atoms. The van der Waals surface area contributed by atoms with Crippen LogP contribution in [-0.4, -0.2) is 310 Å². The highest BCUT2D eigenvalue weighted by atomic mass is 32.1. The molecule has 0 amide bonds. The van der Waals surface area contributed by atoms with Crippen LogP contribution in [0.2, 0.25) is 0 Å². The van der Waals surface area contributed by atoms with Crippen LogP contribution in [0.15, 0.2) is 84.8 Å². The molecule has 6 aliphatic rings. The summed E-state index contributed by atoms with van der Waals surface area (Å²) in [6, 6.07) is 4.76. The first-order chi connectivity index (χ1) is 57.4. The monoisotopic (exact) mass is 1860 g/mol. The van der Waals surface area contributed by atoms with Crippen LogP contribution in [0.4, 0.5) is 11.5 Å². The van der Waals surface area contributed by atoms with Gasteiger partial charge in [0.15, 0.2) is 81.9 Å². The lowest BCUT2D eigenvalue weighted by atomic mass is 10.1. The van der Waals surface area contributed by atoms with Crippen LogP contribution < -0.4 is 35.0 Å². The standard InChI is InChI=1S/C14H18N5O7P.C12H16N3O8P.C12H16N3O7PS.C11H16N5O7P.C10H14N5O8P/c1-7-16-17(2)8-3-4-15-13-10(8)18(7)6-19(13)14-12(21)11(20)9(26-14)5-25-27(22,23)24;1-14-5-15(11-8(14)6(16)2-3-13-11)12-10(18)9(17)7(23-12)4-22-24(19,20)21;1-14-5-15(11-8(14)7(24)2-3-13-11)12-10(17)9(16)6(22-12)4-21-23(18,19)20;1-4-15-6-9(12)13-3-14-10(6)16(4)11-8(18)7(17)5(23-11)2-22-24(19,20)21;11-8-5-9(13-3-15(8)18)14(2-12-5)10-7(17)6(16)4(23-10)1-22-24(19,20)21/h3-4,6,9,11-12,14,20-21H,5H2,1-2H3,(H-,22,23,24);2-3,5,7,9-10,12,17-18H,4H2,1H3,(H2-,13,16,19,20,21);2-3,5-6,9-10,12,16-17H,4H2,1H3,(H2-,13,18,19,20,24);3,5,7-8,11,17-18H,2H2,1H3,(H2,12,13,14)(H2,19,20,21);2-4,6-7,10-11,16-18H,1H2,(H2,19,20,21)/p+1/t9-,11-,12-,14-;7-,9-,10-,12-;6-,9-,10-,12-;5-,7-,8-,11-;4-,6-,7-,10-/m11111/s1. The van der Waals surface area contributed by atoms with Crippen LogP contribution >= 0.6 is 39.1 Å². The van der Waals surface area contributed by atoms with Crippen molar-refractivity contribution in [3.05, 3.63) is 86.1 Å². The number of aliphatic hydroxyl groups excluding tert-OH is 10. The van der Waals surface area contributed by atoms with Gasteiger partial charge in [-0.05, 0) is 19.1 Å². The number of aryl methyl sites for hydroxylation is 3. The van der Waals surface area contributed by atoms with Gasteiger partial charge in [0.05, 0.1) is 53.5 Å². The highest BCUT2D eigenvalue weighted by Gasteiger charge is 2.52. The van der Waals surface area contributed by atoms with Crippen molar-refractivity contribution in [1.82, 2.24) is 67.4 Å². The fourth-order valence-electron chi connectivity index (χ4n) is 13.7. The van der Waals surface area contributed by atoms with E-state index in [4.69, 9.17) is 96.4 Å². The summed E-state index contributed by atoms with van der Waals surface area (Å²) >= 11 is 5.25. The van der Waals surface area contributed by atoms with Gasteiger partial charge in [0.1, 0.15) is 134 Å². The molecule has 24 N–H and O–H groups in total. The van der Waals surface area contributed by atoms with Gasteiger partial charge in [-0.2, -0.15) is 4.73 Å². The number of nitrogens with two attached hydrogens (primary N) is 1. The molecule has 16 heterocycles. The van der Waals surface area contributed by atoms with E-state index >= 15 is 0 Å². The van der Waals surface area contributed by atoms with Crippen LogP contribution in [0.5, 0.6) is 5.75 Å². The lowest BCUT2D eigenvalue weighted by Crippen LogP contribution is -2.46. The van der Waals surface area contributed by atoms with Crippen LogP contribution in [0.25, 0.3) is 55.8 Å². The highest BCUT2D eigenvalue weighted by molar-refractivity contribution is 7.59. The van der Waals surface area contributed by atoms with E-state index in [0.29, 0.717) is 49.3 Å². The average molecular weight is 1860 g/mol. The van der Waals surface area contributed by atoms with Crippen LogP contribution in [0.1, 0.15) is 43.9 Å². The SMILES string of the molecule is CC1=NN(C)c2ccnc3c2n1c[n+]3[C@@H]1O[C@H](COP(=O)(O)O)[C@@H](O)[C@H]1O.Cc1nc2c(N)ncnc2n1[C@@H]1O[C@H](COP(=O)(O)O)[C@@H](O)[C@H]1O.Cn1c[n+]([C@@H]2O[C@H](COP(=O)(O)O)[C@@H](O)[C@H]2O)c2nccc([O-])c21.Cn1c[n+]([C@@H]2O[C@H](COP(=O)(O)O)[C@@H](O)[C@H]2O)c2nccc([S-])c21.N=c1c2ncn([C@@H]3O[C@H](COP(=O)(O)O)[C@@H](O)[C@H]3O)c2ncn1O. The molecule has 16 rings (SSSR count). The minimum absolute atomic E-state index is 0.0280. The van der Waals surface area contributed by atoms with Crippen molar-refractivity contribution in [1.29, 1.82) is 5.41 Å². The second kappa shape index (κ2) is 36.6. The number of ether oxygens (including phenoxy) is 5. The molecule has 20 atom stereocenters. The largest absolute Gasteiger partial charge is 0.870 e. The van der Waals surface area contributed by atoms with Crippen molar-refractivity contribution in [2.45, 2.75) is 141 Å². The summed E-state index contributed by atoms with van der Waals surface area (Å²) in [7, 11) is -18.5. The van der Waals surface area contributed by atoms with E-state index in [1.54, 1.807) is 77.8 Å². The first-order valence-electron chi connectivity index (χ1n) is 35.4. The van der Waals surface area contributed by atoms with E-state index < -0.39 is 195 Å². The minimum Gasteiger partial charge on any atom is -0.870 e. The van der Waals surface area contributed by atoms with Crippen molar-refractivity contribution in [2.75, 3.05) is 50.8 Å². The molecule has 10 aromatic rings. The Morgan fingerprint density at radius 1 is 0.496 bits per heavy atom. The number of phosphoric acid groups is 5. The molecule has 674 valence electrons. The number of nitrogens with zero attached hydrogens (tertiary/aromatic N) is 19. The van der Waals surface area contributed by atoms with E-state index in [9.17, 15) is 84.2 Å². The predicted octanol–water partition coefficient (Wildman–Crippen LogP) is -9.03. The number of fused-ring (bicyclic) bond motifs is 4. The molecular formula is C59H81N21O37P5S+. The third-order valence-corrected chi connectivity index (χ3v) is 22.1. The fourth-order valence-corrected chi connectivity index (χ4v) is 15.7. The molecule has 64 heteroatoms. The van der Waals surface area contributed by atoms with Crippen LogP contribution in [-0.2, 0) is 95.9 Å². The van der Waals surface area contributed by atoms with Crippen molar-refractivity contribution in [3.63, 3.8) is 0 Å². The van der Waals surface area contributed by atoms with E-state index in [1.807, 2.05) is 6.92 Å². The maximum absolute atomic E-state index is 11.9. The Labute approximate surface area is 691 Å². The van der Waals surface area contributed by atoms with Crippen molar-refractivity contribution in [3.8, 4) is 5.75 Å². The second-order valence-electron chi connectivity index (χ2n) is 27.7. The van der Waals surface area contributed by atoms with Gasteiger partial charge in [-0.15, -0.1) is 24.9 Å². The number of rotatable bonds is 20. The molecule has 58 nitrogen and oxygen atoms in total. The molecular weight excluding hydrogens is 1780 g/mol. The van der Waals surface area contributed by atoms with Gasteiger partial charge in [-0.25, -0.2) is 66.0 Å². The van der Waals surface area contributed by atoms with Gasteiger partial charge in [0, 0.05) is 20.0 Å². The summed E-state index contributed by atoms with van der Waals surface area (Å²) in [6.45, 7) is 0.465. The summed E-state index contributed by atoms with van der Waals surface area (Å²) in [5.41, 5.74) is 9.86. The lowest BCUT2D eigenvalue weighted by molar-refractivity contribution is -0.746. The summed E-state index contributed by atoms with van der Waals surface area (Å²) < 4.78 is 116. The van der Waals surface area contributed by atoms with Gasteiger partial charge in [-0.1, -0.05) is 5.75 Å². The summed E-state index contributed by atoms with van der Waals surface area (Å²) in [5.74, 6) is 0.966. The third kappa shape index (κ3) is 20.4. The van der Waals surface area contributed by atoms with E-state index in [1.165, 1.54) is 60.3 Å². The zero-order valence-corrected chi connectivity index (χ0v) is 68.9. The molecule has 6 aliphatic heterocycles. The Morgan fingerprint density at radius 3 is 1.38 bits per heavy atom. The molecule has 123 heavy (non-hydrogen) atoms. The molecule has 0 bridgehead atoms. The van der Waals surface area contributed by atoms with Gasteiger partial charge >= 0.3 is 56.1 Å². The van der Waals surface area contributed by atoms with E-state index in [-0.39, 0.29) is 39.4 Å². The number of hydrazone groups is 1. The molecule has 0 aromatic carbocycles. The number of aromatic nitrogens is 17. The lowest BCUT2D eigenvalue weighted by Gasteiger charge is -2.18. The number of aliphatic hydroxyl groups is 10. The number of hydrogen-bond acceptors (Lipinski definition) is 40. The summed E-state index contributed by atoms with van der Waals surface area (Å²) in [5, 5.41) is 137. The normalized spacial score (nSPS) is 27.9. The highest BCUT2D eigenvalue weighted by Crippen LogP contribution is 2.44. The Hall–Kier alpha value is -8.20. The van der Waals surface area contributed by atoms with E-state index in [2.05, 4.69) is 67.6 Å². The number of phosphoric ester groups is 5. The van der Waals surface area contributed by atoms with Gasteiger partial charge in [-0.3, -0.25) is 51.3 Å². The molecule has 0 radical (unpaired) electrons. The molecule has 0 saturated carbocycles.